The molecule has 152 valence electrons. The maximum Gasteiger partial charge on any atom is 0.265 e. The predicted molar refractivity (Wildman–Crippen MR) is 118 cm³/mol. The molecule has 2 aromatic carbocycles. The summed E-state index contributed by atoms with van der Waals surface area (Å²) in [5.74, 6) is -0.193. The first-order valence-electron chi connectivity index (χ1n) is 9.71. The first kappa shape index (κ1) is 19.8. The van der Waals surface area contributed by atoms with Crippen molar-refractivity contribution in [2.24, 2.45) is 5.92 Å². The lowest BCUT2D eigenvalue weighted by molar-refractivity contribution is -0.117. The maximum absolute atomic E-state index is 12.5. The van der Waals surface area contributed by atoms with Gasteiger partial charge in [0.25, 0.3) is 11.8 Å². The van der Waals surface area contributed by atoms with Gasteiger partial charge >= 0.3 is 0 Å². The number of hydrogen-bond donors (Lipinski definition) is 3. The fraction of sp³-hybridized carbons (Fsp3) is 0.174. The second kappa shape index (κ2) is 8.92. The highest BCUT2D eigenvalue weighted by Crippen LogP contribution is 2.30. The molecule has 3 N–H and O–H groups in total. The van der Waals surface area contributed by atoms with Crippen LogP contribution in [0.4, 0.5) is 11.4 Å². The van der Waals surface area contributed by atoms with Crippen molar-refractivity contribution in [1.29, 1.82) is 0 Å². The topological polar surface area (TPSA) is 87.3 Å². The molecule has 1 aliphatic rings. The molecule has 7 heteroatoms. The SMILES string of the molecule is O=C(NCc1ccc(NC(=O)C2CC2)cc1)c1cccc(NC(=O)c2cccs2)c1. The number of anilines is 2. The van der Waals surface area contributed by atoms with Crippen molar-refractivity contribution in [3.8, 4) is 0 Å². The zero-order valence-electron chi connectivity index (χ0n) is 16.2. The van der Waals surface area contributed by atoms with Crippen LogP contribution in [0.1, 0.15) is 38.4 Å². The lowest BCUT2D eigenvalue weighted by atomic mass is 10.1. The third-order valence-corrected chi connectivity index (χ3v) is 5.62. The van der Waals surface area contributed by atoms with Crippen LogP contribution in [0, 0.1) is 5.92 Å². The smallest absolute Gasteiger partial charge is 0.265 e. The van der Waals surface area contributed by atoms with E-state index in [1.807, 2.05) is 35.7 Å². The van der Waals surface area contributed by atoms with Gasteiger partial charge in [0, 0.05) is 29.4 Å². The molecule has 3 amide bonds. The molecular weight excluding hydrogens is 398 g/mol. The number of thiophene rings is 1. The van der Waals surface area contributed by atoms with Crippen molar-refractivity contribution in [1.82, 2.24) is 5.32 Å². The monoisotopic (exact) mass is 419 g/mol. The molecule has 0 radical (unpaired) electrons. The summed E-state index contributed by atoms with van der Waals surface area (Å²) in [5, 5.41) is 10.4. The van der Waals surface area contributed by atoms with Crippen LogP contribution in [0.2, 0.25) is 0 Å². The van der Waals surface area contributed by atoms with Gasteiger partial charge in [0.2, 0.25) is 5.91 Å². The summed E-state index contributed by atoms with van der Waals surface area (Å²) in [7, 11) is 0. The van der Waals surface area contributed by atoms with E-state index in [9.17, 15) is 14.4 Å². The molecule has 4 rings (SSSR count). The van der Waals surface area contributed by atoms with Crippen molar-refractivity contribution in [2.75, 3.05) is 10.6 Å². The van der Waals surface area contributed by atoms with Crippen LogP contribution in [0.25, 0.3) is 0 Å². The van der Waals surface area contributed by atoms with E-state index in [1.165, 1.54) is 11.3 Å². The van der Waals surface area contributed by atoms with Crippen LogP contribution in [-0.4, -0.2) is 17.7 Å². The number of carbonyl (C=O) groups is 3. The molecule has 0 bridgehead atoms. The number of amides is 3. The average molecular weight is 420 g/mol. The Kier molecular flexibility index (Phi) is 5.90. The van der Waals surface area contributed by atoms with Crippen molar-refractivity contribution in [3.63, 3.8) is 0 Å². The van der Waals surface area contributed by atoms with Gasteiger partial charge in [0.15, 0.2) is 0 Å². The molecule has 1 fully saturated rings. The minimum Gasteiger partial charge on any atom is -0.348 e. The third-order valence-electron chi connectivity index (χ3n) is 4.75. The maximum atomic E-state index is 12.5. The summed E-state index contributed by atoms with van der Waals surface area (Å²) in [6.07, 6.45) is 1.93. The van der Waals surface area contributed by atoms with Crippen LogP contribution in [0.15, 0.2) is 66.0 Å². The number of rotatable bonds is 7. The van der Waals surface area contributed by atoms with E-state index in [0.717, 1.165) is 24.1 Å². The Bertz CT molecular complexity index is 1060. The Morgan fingerprint density at radius 2 is 1.67 bits per heavy atom. The van der Waals surface area contributed by atoms with Crippen molar-refractivity contribution in [3.05, 3.63) is 82.0 Å². The zero-order valence-corrected chi connectivity index (χ0v) is 17.0. The summed E-state index contributed by atoms with van der Waals surface area (Å²) in [6.45, 7) is 0.363. The van der Waals surface area contributed by atoms with Crippen molar-refractivity contribution in [2.45, 2.75) is 19.4 Å². The second-order valence-corrected chi connectivity index (χ2v) is 8.10. The van der Waals surface area contributed by atoms with Crippen LogP contribution in [0.5, 0.6) is 0 Å². The van der Waals surface area contributed by atoms with Crippen LogP contribution in [0.3, 0.4) is 0 Å². The number of carbonyl (C=O) groups excluding carboxylic acids is 3. The molecule has 0 saturated heterocycles. The molecule has 0 aliphatic heterocycles. The Balaban J connectivity index is 1.31. The first-order chi connectivity index (χ1) is 14.6. The van der Waals surface area contributed by atoms with Gasteiger partial charge in [-0.15, -0.1) is 11.3 Å². The summed E-state index contributed by atoms with van der Waals surface area (Å²) >= 11 is 1.36. The van der Waals surface area contributed by atoms with E-state index in [0.29, 0.717) is 22.7 Å². The van der Waals surface area contributed by atoms with Gasteiger partial charge < -0.3 is 16.0 Å². The largest absolute Gasteiger partial charge is 0.348 e. The van der Waals surface area contributed by atoms with E-state index >= 15 is 0 Å². The lowest BCUT2D eigenvalue weighted by Crippen LogP contribution is -2.23. The highest BCUT2D eigenvalue weighted by Gasteiger charge is 2.29. The molecule has 6 nitrogen and oxygen atoms in total. The first-order valence-corrected chi connectivity index (χ1v) is 10.6. The van der Waals surface area contributed by atoms with Gasteiger partial charge in [0.05, 0.1) is 4.88 Å². The molecule has 1 aromatic heterocycles. The molecule has 30 heavy (non-hydrogen) atoms. The van der Waals surface area contributed by atoms with Gasteiger partial charge in [-0.05, 0) is 60.2 Å². The van der Waals surface area contributed by atoms with Gasteiger partial charge in [-0.2, -0.15) is 0 Å². The summed E-state index contributed by atoms with van der Waals surface area (Å²) < 4.78 is 0. The molecule has 0 spiro atoms. The molecule has 0 unspecified atom stereocenters. The van der Waals surface area contributed by atoms with E-state index in [-0.39, 0.29) is 23.6 Å². The lowest BCUT2D eigenvalue weighted by Gasteiger charge is -2.09. The Morgan fingerprint density at radius 1 is 0.867 bits per heavy atom. The summed E-state index contributed by atoms with van der Waals surface area (Å²) in [4.78, 5) is 37.1. The Labute approximate surface area is 178 Å². The normalized spacial score (nSPS) is 12.8. The quantitative estimate of drug-likeness (QED) is 0.534. The fourth-order valence-corrected chi connectivity index (χ4v) is 3.54. The summed E-state index contributed by atoms with van der Waals surface area (Å²) in [5.41, 5.74) is 2.72. The van der Waals surface area contributed by atoms with Gasteiger partial charge in [-0.25, -0.2) is 0 Å². The van der Waals surface area contributed by atoms with Gasteiger partial charge in [0.1, 0.15) is 0 Å². The van der Waals surface area contributed by atoms with E-state index in [1.54, 1.807) is 30.3 Å². The van der Waals surface area contributed by atoms with E-state index in [2.05, 4.69) is 16.0 Å². The minimum atomic E-state index is -0.228. The van der Waals surface area contributed by atoms with Crippen molar-refractivity contribution < 1.29 is 14.4 Å². The van der Waals surface area contributed by atoms with Gasteiger partial charge in [-0.1, -0.05) is 24.3 Å². The highest BCUT2D eigenvalue weighted by atomic mass is 32.1. The molecule has 1 heterocycles. The average Bonchev–Trinajstić information content (AvgIpc) is 3.47. The molecule has 1 aliphatic carbocycles. The minimum absolute atomic E-state index is 0.0714. The molecule has 1 saturated carbocycles. The van der Waals surface area contributed by atoms with Crippen molar-refractivity contribution >= 4 is 40.4 Å². The van der Waals surface area contributed by atoms with Gasteiger partial charge in [-0.3, -0.25) is 14.4 Å². The number of benzene rings is 2. The second-order valence-electron chi connectivity index (χ2n) is 7.16. The standard InChI is InChI=1S/C23H21N3O3S/c27-21(17-3-1-4-19(13-17)26-23(29)20-5-2-12-30-20)24-14-15-6-10-18(11-7-15)25-22(28)16-8-9-16/h1-7,10-13,16H,8-9,14H2,(H,24,27)(H,25,28)(H,26,29). The van der Waals surface area contributed by atoms with E-state index < -0.39 is 0 Å². The Morgan fingerprint density at radius 3 is 2.37 bits per heavy atom. The van der Waals surface area contributed by atoms with Crippen LogP contribution < -0.4 is 16.0 Å². The molecular formula is C23H21N3O3S. The Hall–Kier alpha value is -3.45. The predicted octanol–water partition coefficient (Wildman–Crippen LogP) is 4.28. The van der Waals surface area contributed by atoms with Crippen LogP contribution in [-0.2, 0) is 11.3 Å². The fourth-order valence-electron chi connectivity index (χ4n) is 2.92. The highest BCUT2D eigenvalue weighted by molar-refractivity contribution is 7.12. The molecule has 3 aromatic rings. The number of hydrogen-bond acceptors (Lipinski definition) is 4. The van der Waals surface area contributed by atoms with E-state index in [4.69, 9.17) is 0 Å². The van der Waals surface area contributed by atoms with Crippen LogP contribution >= 0.6 is 11.3 Å². The summed E-state index contributed by atoms with van der Waals surface area (Å²) in [6, 6.07) is 17.8. The molecule has 0 atom stereocenters. The zero-order chi connectivity index (χ0) is 20.9. The third kappa shape index (κ3) is 5.12. The number of nitrogens with one attached hydrogen (secondary N) is 3.